The van der Waals surface area contributed by atoms with Crippen molar-refractivity contribution < 1.29 is 18.7 Å². The third-order valence-corrected chi connectivity index (χ3v) is 5.42. The summed E-state index contributed by atoms with van der Waals surface area (Å²) in [5, 5.41) is 5.31. The molecular formula is C19H17N3O4S. The number of aromatic nitrogens is 1. The van der Waals surface area contributed by atoms with Crippen LogP contribution in [0.1, 0.15) is 18.4 Å². The van der Waals surface area contributed by atoms with Crippen molar-refractivity contribution in [3.8, 4) is 16.3 Å². The van der Waals surface area contributed by atoms with E-state index in [1.807, 2.05) is 29.6 Å². The Morgan fingerprint density at radius 1 is 1.26 bits per heavy atom. The molecule has 0 radical (unpaired) electrons. The van der Waals surface area contributed by atoms with Gasteiger partial charge in [0.25, 0.3) is 5.91 Å². The Morgan fingerprint density at radius 2 is 2.07 bits per heavy atom. The maximum absolute atomic E-state index is 12.9. The molecule has 8 heteroatoms. The summed E-state index contributed by atoms with van der Waals surface area (Å²) in [6.07, 6.45) is 1.47. The molecule has 2 aromatic heterocycles. The van der Waals surface area contributed by atoms with Gasteiger partial charge in [-0.25, -0.2) is 9.78 Å². The van der Waals surface area contributed by atoms with E-state index in [0.717, 1.165) is 21.2 Å². The SMILES string of the molecule is COc1ccccc1-c1nc(CN2C(=O)NC(C)(c3ccco3)C2=O)cs1. The Hall–Kier alpha value is -3.13. The summed E-state index contributed by atoms with van der Waals surface area (Å²) < 4.78 is 10.7. The number of para-hydroxylation sites is 1. The number of urea groups is 1. The molecule has 1 N–H and O–H groups in total. The highest BCUT2D eigenvalue weighted by Crippen LogP contribution is 2.33. The summed E-state index contributed by atoms with van der Waals surface area (Å²) in [5.74, 6) is 0.754. The molecule has 3 aromatic rings. The second kappa shape index (κ2) is 6.55. The lowest BCUT2D eigenvalue weighted by atomic mass is 9.99. The number of benzene rings is 1. The van der Waals surface area contributed by atoms with Crippen LogP contribution in [0.5, 0.6) is 5.75 Å². The van der Waals surface area contributed by atoms with E-state index in [1.165, 1.54) is 17.6 Å². The quantitative estimate of drug-likeness (QED) is 0.683. The molecule has 3 heterocycles. The van der Waals surface area contributed by atoms with Crippen molar-refractivity contribution in [1.29, 1.82) is 0 Å². The number of ether oxygens (including phenoxy) is 1. The lowest BCUT2D eigenvalue weighted by Crippen LogP contribution is -2.40. The molecule has 7 nitrogen and oxygen atoms in total. The standard InChI is InChI=1S/C19H17N3O4S/c1-19(15-8-5-9-26-15)17(23)22(18(24)21-19)10-12-11-27-16(20-12)13-6-3-4-7-14(13)25-2/h3-9,11H,10H2,1-2H3,(H,21,24). The average Bonchev–Trinajstić information content (AvgIpc) is 3.40. The number of rotatable bonds is 5. The van der Waals surface area contributed by atoms with Crippen molar-refractivity contribution in [2.45, 2.75) is 19.0 Å². The van der Waals surface area contributed by atoms with E-state index in [9.17, 15) is 9.59 Å². The first kappa shape index (κ1) is 17.3. The van der Waals surface area contributed by atoms with E-state index in [2.05, 4.69) is 10.3 Å². The zero-order valence-corrected chi connectivity index (χ0v) is 15.6. The highest BCUT2D eigenvalue weighted by atomic mass is 32.1. The summed E-state index contributed by atoms with van der Waals surface area (Å²) in [6.45, 7) is 1.72. The van der Waals surface area contributed by atoms with Crippen molar-refractivity contribution >= 4 is 23.3 Å². The summed E-state index contributed by atoms with van der Waals surface area (Å²) >= 11 is 1.44. The Morgan fingerprint density at radius 3 is 2.81 bits per heavy atom. The Balaban J connectivity index is 1.58. The van der Waals surface area contributed by atoms with Gasteiger partial charge in [-0.15, -0.1) is 11.3 Å². The number of imide groups is 1. The van der Waals surface area contributed by atoms with Crippen LogP contribution in [-0.4, -0.2) is 28.9 Å². The molecule has 0 saturated carbocycles. The fraction of sp³-hybridized carbons (Fsp3) is 0.211. The number of methoxy groups -OCH3 is 1. The number of nitrogens with zero attached hydrogens (tertiary/aromatic N) is 2. The van der Waals surface area contributed by atoms with Crippen LogP contribution in [0.15, 0.2) is 52.5 Å². The predicted molar refractivity (Wildman–Crippen MR) is 99.2 cm³/mol. The molecule has 138 valence electrons. The topological polar surface area (TPSA) is 84.7 Å². The van der Waals surface area contributed by atoms with E-state index < -0.39 is 11.6 Å². The summed E-state index contributed by atoms with van der Waals surface area (Å²) in [4.78, 5) is 31.0. The molecule has 1 saturated heterocycles. The second-order valence-electron chi connectivity index (χ2n) is 6.27. The molecular weight excluding hydrogens is 366 g/mol. The molecule has 27 heavy (non-hydrogen) atoms. The van der Waals surface area contributed by atoms with Gasteiger partial charge in [0.1, 0.15) is 16.5 Å². The molecule has 4 rings (SSSR count). The highest BCUT2D eigenvalue weighted by Gasteiger charge is 2.51. The minimum atomic E-state index is -1.21. The molecule has 1 fully saturated rings. The van der Waals surface area contributed by atoms with E-state index in [0.29, 0.717) is 11.5 Å². The fourth-order valence-electron chi connectivity index (χ4n) is 3.06. The highest BCUT2D eigenvalue weighted by molar-refractivity contribution is 7.13. The van der Waals surface area contributed by atoms with Gasteiger partial charge in [0.2, 0.25) is 0 Å². The third kappa shape index (κ3) is 2.87. The summed E-state index contributed by atoms with van der Waals surface area (Å²) in [6, 6.07) is 10.5. The maximum Gasteiger partial charge on any atom is 0.325 e. The first-order valence-electron chi connectivity index (χ1n) is 8.29. The Bertz CT molecular complexity index is 998. The van der Waals surface area contributed by atoms with Crippen LogP contribution >= 0.6 is 11.3 Å². The van der Waals surface area contributed by atoms with Crippen molar-refractivity contribution in [1.82, 2.24) is 15.2 Å². The molecule has 1 aromatic carbocycles. The van der Waals surface area contributed by atoms with Crippen molar-refractivity contribution in [3.63, 3.8) is 0 Å². The number of nitrogens with one attached hydrogen (secondary N) is 1. The van der Waals surface area contributed by atoms with Crippen LogP contribution in [0.4, 0.5) is 4.79 Å². The monoisotopic (exact) mass is 383 g/mol. The number of furan rings is 1. The molecule has 0 bridgehead atoms. The lowest BCUT2D eigenvalue weighted by molar-refractivity contribution is -0.132. The normalized spacial score (nSPS) is 19.4. The van der Waals surface area contributed by atoms with Gasteiger partial charge in [-0.2, -0.15) is 0 Å². The van der Waals surface area contributed by atoms with Gasteiger partial charge in [0.15, 0.2) is 5.54 Å². The van der Waals surface area contributed by atoms with Gasteiger partial charge >= 0.3 is 6.03 Å². The zero-order chi connectivity index (χ0) is 19.0. The second-order valence-corrected chi connectivity index (χ2v) is 7.13. The molecule has 1 aliphatic heterocycles. The first-order chi connectivity index (χ1) is 13.0. The molecule has 1 unspecified atom stereocenters. The van der Waals surface area contributed by atoms with Gasteiger partial charge in [-0.05, 0) is 31.2 Å². The van der Waals surface area contributed by atoms with Gasteiger partial charge in [-0.3, -0.25) is 9.69 Å². The molecule has 1 atom stereocenters. The van der Waals surface area contributed by atoms with Crippen LogP contribution in [0, 0.1) is 0 Å². The average molecular weight is 383 g/mol. The van der Waals surface area contributed by atoms with Crippen LogP contribution < -0.4 is 10.1 Å². The van der Waals surface area contributed by atoms with Crippen LogP contribution in [0.2, 0.25) is 0 Å². The smallest absolute Gasteiger partial charge is 0.325 e. The lowest BCUT2D eigenvalue weighted by Gasteiger charge is -2.18. The number of thiazole rings is 1. The van der Waals surface area contributed by atoms with E-state index in [-0.39, 0.29) is 12.5 Å². The van der Waals surface area contributed by atoms with Crippen LogP contribution in [-0.2, 0) is 16.9 Å². The number of hydrogen-bond donors (Lipinski definition) is 1. The van der Waals surface area contributed by atoms with Crippen LogP contribution in [0.25, 0.3) is 10.6 Å². The van der Waals surface area contributed by atoms with Crippen molar-refractivity contribution in [2.24, 2.45) is 0 Å². The third-order valence-electron chi connectivity index (χ3n) is 4.50. The molecule has 1 aliphatic rings. The van der Waals surface area contributed by atoms with Crippen molar-refractivity contribution in [3.05, 3.63) is 59.5 Å². The van der Waals surface area contributed by atoms with Crippen molar-refractivity contribution in [2.75, 3.05) is 7.11 Å². The van der Waals surface area contributed by atoms with E-state index in [1.54, 1.807) is 26.2 Å². The van der Waals surface area contributed by atoms with Gasteiger partial charge < -0.3 is 14.5 Å². The number of hydrogen-bond acceptors (Lipinski definition) is 6. The first-order valence-corrected chi connectivity index (χ1v) is 9.17. The van der Waals surface area contributed by atoms with Gasteiger partial charge in [0, 0.05) is 5.38 Å². The number of amides is 3. The molecule has 0 spiro atoms. The van der Waals surface area contributed by atoms with Crippen LogP contribution in [0.3, 0.4) is 0 Å². The predicted octanol–water partition coefficient (Wildman–Crippen LogP) is 3.38. The minimum absolute atomic E-state index is 0.0899. The maximum atomic E-state index is 12.9. The largest absolute Gasteiger partial charge is 0.496 e. The summed E-state index contributed by atoms with van der Waals surface area (Å²) in [5.41, 5.74) is 0.296. The molecule has 3 amide bonds. The Kier molecular flexibility index (Phi) is 4.19. The van der Waals surface area contributed by atoms with E-state index in [4.69, 9.17) is 9.15 Å². The minimum Gasteiger partial charge on any atom is -0.496 e. The van der Waals surface area contributed by atoms with Gasteiger partial charge in [-0.1, -0.05) is 12.1 Å². The van der Waals surface area contributed by atoms with E-state index >= 15 is 0 Å². The number of carbonyl (C=O) groups is 2. The molecule has 0 aliphatic carbocycles. The number of carbonyl (C=O) groups excluding carboxylic acids is 2. The van der Waals surface area contributed by atoms with Gasteiger partial charge in [0.05, 0.1) is 31.2 Å². The zero-order valence-electron chi connectivity index (χ0n) is 14.8. The summed E-state index contributed by atoms with van der Waals surface area (Å²) in [7, 11) is 1.61. The Labute approximate surface area is 159 Å². The fourth-order valence-corrected chi connectivity index (χ4v) is 3.90.